The van der Waals surface area contributed by atoms with Crippen LogP contribution in [0.4, 0.5) is 5.82 Å². The highest BCUT2D eigenvalue weighted by Gasteiger charge is 2.86. The number of amides is 2. The van der Waals surface area contributed by atoms with E-state index >= 15 is 0 Å². The minimum atomic E-state index is -1.76. The van der Waals surface area contributed by atoms with Crippen LogP contribution in [0.25, 0.3) is 10.1 Å². The Hall–Kier alpha value is -2.23. The van der Waals surface area contributed by atoms with Gasteiger partial charge in [0, 0.05) is 61.3 Å². The molecular weight excluding hydrogens is 540 g/mol. The number of imide groups is 1. The number of likely N-dealkylation sites (tertiary alicyclic amines) is 1. The van der Waals surface area contributed by atoms with E-state index in [-0.39, 0.29) is 13.0 Å². The monoisotopic (exact) mass is 582 g/mol. The Morgan fingerprint density at radius 1 is 0.756 bits per heavy atom. The number of hydrogen-bond donors (Lipinski definition) is 6. The van der Waals surface area contributed by atoms with E-state index in [0.29, 0.717) is 32.2 Å². The molecule has 1 aromatic carbocycles. The summed E-state index contributed by atoms with van der Waals surface area (Å²) in [6, 6.07) is 8.31. The summed E-state index contributed by atoms with van der Waals surface area (Å²) in [5.74, 6) is -0.103. The molecule has 0 radical (unpaired) electrons. The average molecular weight is 583 g/mol. The second-order valence-electron chi connectivity index (χ2n) is 13.6. The van der Waals surface area contributed by atoms with Gasteiger partial charge in [-0.05, 0) is 55.8 Å². The molecule has 5 fully saturated rings. The van der Waals surface area contributed by atoms with E-state index in [4.69, 9.17) is 38.8 Å². The lowest BCUT2D eigenvalue weighted by Gasteiger charge is -2.53. The summed E-state index contributed by atoms with van der Waals surface area (Å²) in [6.07, 6.45) is 4.21. The van der Waals surface area contributed by atoms with E-state index in [1.54, 1.807) is 0 Å². The molecule has 0 unspecified atom stereocenters. The van der Waals surface area contributed by atoms with Crippen LogP contribution in [0.3, 0.4) is 0 Å². The zero-order valence-corrected chi connectivity index (χ0v) is 24.3. The van der Waals surface area contributed by atoms with Crippen molar-refractivity contribution >= 4 is 39.3 Å². The zero-order chi connectivity index (χ0) is 29.1. The molecule has 7 rings (SSSR count). The average Bonchev–Trinajstić information content (AvgIpc) is 3.60. The smallest absolute Gasteiger partial charge is 0.253 e. The highest BCUT2D eigenvalue weighted by molar-refractivity contribution is 7.13. The van der Waals surface area contributed by atoms with E-state index < -0.39 is 45.0 Å². The molecule has 13 heteroatoms. The third kappa shape index (κ3) is 3.37. The van der Waals surface area contributed by atoms with Gasteiger partial charge in [0.25, 0.3) is 11.8 Å². The van der Waals surface area contributed by atoms with Gasteiger partial charge in [-0.1, -0.05) is 25.0 Å². The minimum absolute atomic E-state index is 0.0456. The van der Waals surface area contributed by atoms with E-state index in [0.717, 1.165) is 49.7 Å². The first-order valence-corrected chi connectivity index (χ1v) is 15.5. The molecule has 6 atom stereocenters. The number of nitrogens with zero attached hydrogens (tertiary/aromatic N) is 4. The van der Waals surface area contributed by atoms with Gasteiger partial charge in [0.15, 0.2) is 0 Å². The number of carbonyl (C=O) groups is 2. The van der Waals surface area contributed by atoms with Gasteiger partial charge in [0.1, 0.15) is 16.9 Å². The van der Waals surface area contributed by atoms with Crippen LogP contribution in [0, 0.1) is 0 Å². The molecule has 3 heterocycles. The number of anilines is 1. The number of carbonyl (C=O) groups excluding carboxylic acids is 2. The molecule has 12 N–H and O–H groups in total. The lowest BCUT2D eigenvalue weighted by atomic mass is 9.64. The quantitative estimate of drug-likeness (QED) is 0.229. The lowest BCUT2D eigenvalue weighted by Crippen LogP contribution is -2.82. The molecule has 41 heavy (non-hydrogen) atoms. The summed E-state index contributed by atoms with van der Waals surface area (Å²) in [5.41, 5.74) is 33.6. The summed E-state index contributed by atoms with van der Waals surface area (Å²) in [5, 5.41) is 1.18. The molecule has 2 aliphatic heterocycles. The van der Waals surface area contributed by atoms with Crippen LogP contribution >= 0.6 is 11.5 Å². The molecule has 3 aliphatic carbocycles. The van der Waals surface area contributed by atoms with E-state index in [2.05, 4.69) is 21.9 Å². The van der Waals surface area contributed by atoms with Gasteiger partial charge in [-0.3, -0.25) is 19.4 Å². The fourth-order valence-corrected chi connectivity index (χ4v) is 9.62. The first-order chi connectivity index (χ1) is 19.3. The van der Waals surface area contributed by atoms with E-state index in [1.165, 1.54) is 21.6 Å². The third-order valence-corrected chi connectivity index (χ3v) is 12.3. The number of benzene rings is 1. The Labute approximate surface area is 243 Å². The third-order valence-electron chi connectivity index (χ3n) is 11.5. The summed E-state index contributed by atoms with van der Waals surface area (Å²) in [6.45, 7) is 3.79. The number of nitrogens with two attached hydrogens (primary N) is 6. The molecule has 3 saturated carbocycles. The predicted octanol–water partition coefficient (Wildman–Crippen LogP) is -1.26. The van der Waals surface area contributed by atoms with Crippen molar-refractivity contribution in [3.05, 3.63) is 24.3 Å². The highest BCUT2D eigenvalue weighted by atomic mass is 32.1. The molecule has 2 bridgehead atoms. The number of fused-ring (bicyclic) bond motifs is 6. The van der Waals surface area contributed by atoms with Crippen molar-refractivity contribution in [2.45, 2.75) is 78.2 Å². The molecule has 222 valence electrons. The summed E-state index contributed by atoms with van der Waals surface area (Å²) < 4.78 is 5.91. The predicted molar refractivity (Wildman–Crippen MR) is 159 cm³/mol. The van der Waals surface area contributed by atoms with Gasteiger partial charge in [-0.25, -0.2) is 0 Å². The van der Waals surface area contributed by atoms with Crippen molar-refractivity contribution in [1.82, 2.24) is 14.2 Å². The summed E-state index contributed by atoms with van der Waals surface area (Å²) >= 11 is 1.53. The van der Waals surface area contributed by atoms with Crippen LogP contribution in [0.1, 0.15) is 44.9 Å². The maximum Gasteiger partial charge on any atom is 0.253 e. The first kappa shape index (κ1) is 27.6. The molecule has 2 amide bonds. The van der Waals surface area contributed by atoms with Crippen LogP contribution in [0.5, 0.6) is 0 Å². The zero-order valence-electron chi connectivity index (χ0n) is 23.5. The molecule has 5 aliphatic rings. The number of hydrogen-bond acceptors (Lipinski definition) is 12. The maximum atomic E-state index is 14.0. The Balaban J connectivity index is 1.10. The van der Waals surface area contributed by atoms with Crippen LogP contribution in [-0.4, -0.2) is 98.5 Å². The molecule has 1 aromatic heterocycles. The fourth-order valence-electron chi connectivity index (χ4n) is 8.82. The molecule has 0 spiro atoms. The van der Waals surface area contributed by atoms with Gasteiger partial charge >= 0.3 is 0 Å². The minimum Gasteiger partial charge on any atom is -0.353 e. The second kappa shape index (κ2) is 8.66. The maximum absolute atomic E-state index is 14.0. The van der Waals surface area contributed by atoms with Gasteiger partial charge in [0.05, 0.1) is 10.2 Å². The van der Waals surface area contributed by atoms with E-state index in [9.17, 15) is 9.59 Å². The van der Waals surface area contributed by atoms with Crippen LogP contribution < -0.4 is 39.3 Å². The molecular formula is C28H42N10O2S. The van der Waals surface area contributed by atoms with Crippen molar-refractivity contribution in [3.8, 4) is 0 Å². The Morgan fingerprint density at radius 2 is 1.32 bits per heavy atom. The fraction of sp³-hybridized carbons (Fsp3) is 0.679. The lowest BCUT2D eigenvalue weighted by molar-refractivity contribution is -0.143. The van der Waals surface area contributed by atoms with Gasteiger partial charge in [-0.15, -0.1) is 0 Å². The Morgan fingerprint density at radius 3 is 1.93 bits per heavy atom. The van der Waals surface area contributed by atoms with E-state index in [1.807, 2.05) is 12.1 Å². The van der Waals surface area contributed by atoms with Gasteiger partial charge < -0.3 is 39.3 Å². The molecule has 12 nitrogen and oxygen atoms in total. The van der Waals surface area contributed by atoms with Crippen molar-refractivity contribution in [2.75, 3.05) is 44.2 Å². The Kier molecular flexibility index (Phi) is 5.83. The number of aromatic nitrogens is 1. The van der Waals surface area contributed by atoms with Crippen LogP contribution in [0.15, 0.2) is 24.3 Å². The number of piperazine rings is 1. The Bertz CT molecular complexity index is 1390. The SMILES string of the molecule is N[C@@]1(CN2CCN(c3nsc4ccccc34)CC2)CCCC[C@@]1(N)CN1C(=O)[C@@]2(N)[C@@]3(N)CC[C@](N)(C3)[C@@]2(N)C1=O. The standard InChI is InChI=1S/C28H42N10O2S/c29-23-9-10-24(30,15-23)28(34)22(40)38(21(39)27(23,28)33)17-26(32)8-4-3-7-25(26,31)16-36-11-13-37(14-12-36)20-18-5-1-2-6-19(18)41-35-20/h1-2,5-6H,3-4,7-17,29-34H2/t23-,24+,25-,26-,27-,28+/m1/s1. The van der Waals surface area contributed by atoms with Crippen LogP contribution in [-0.2, 0) is 9.59 Å². The highest BCUT2D eigenvalue weighted by Crippen LogP contribution is 2.61. The second-order valence-corrected chi connectivity index (χ2v) is 14.4. The summed E-state index contributed by atoms with van der Waals surface area (Å²) in [7, 11) is 0. The molecule has 2 aromatic rings. The number of rotatable bonds is 5. The van der Waals surface area contributed by atoms with Gasteiger partial charge in [-0.2, -0.15) is 4.37 Å². The summed E-state index contributed by atoms with van der Waals surface area (Å²) in [4.78, 5) is 33.8. The first-order valence-electron chi connectivity index (χ1n) is 14.7. The topological polar surface area (TPSA) is 213 Å². The normalized spacial score (nSPS) is 43.0. The largest absolute Gasteiger partial charge is 0.353 e. The van der Waals surface area contributed by atoms with Crippen molar-refractivity contribution < 1.29 is 9.59 Å². The van der Waals surface area contributed by atoms with Crippen molar-refractivity contribution in [3.63, 3.8) is 0 Å². The van der Waals surface area contributed by atoms with Crippen molar-refractivity contribution in [1.29, 1.82) is 0 Å². The van der Waals surface area contributed by atoms with Gasteiger partial charge in [0.2, 0.25) is 0 Å². The van der Waals surface area contributed by atoms with Crippen LogP contribution in [0.2, 0.25) is 0 Å². The van der Waals surface area contributed by atoms with Crippen molar-refractivity contribution in [2.24, 2.45) is 34.4 Å². The molecule has 2 saturated heterocycles.